The molecule has 0 aliphatic heterocycles. The molecule has 108 valence electrons. The Labute approximate surface area is 126 Å². The molecular weight excluding hydrogens is 292 g/mol. The monoisotopic (exact) mass is 304 g/mol. The van der Waals surface area contributed by atoms with Gasteiger partial charge in [-0.3, -0.25) is 9.59 Å². The molecular formula is C15H13ClN2O3. The Bertz CT molecular complexity index is 656. The lowest BCUT2D eigenvalue weighted by atomic mass is 10.2. The Balaban J connectivity index is 1.88. The molecule has 0 heterocycles. The van der Waals surface area contributed by atoms with Crippen LogP contribution in [0.1, 0.15) is 10.4 Å². The van der Waals surface area contributed by atoms with Gasteiger partial charge in [-0.1, -0.05) is 17.7 Å². The van der Waals surface area contributed by atoms with Gasteiger partial charge >= 0.3 is 0 Å². The summed E-state index contributed by atoms with van der Waals surface area (Å²) < 4.78 is 5.31. The fourth-order valence-electron chi connectivity index (χ4n) is 1.62. The number of hydrogen-bond donors (Lipinski definition) is 2. The summed E-state index contributed by atoms with van der Waals surface area (Å²) in [5, 5.41) is 3.18. The lowest BCUT2D eigenvalue weighted by Gasteiger charge is -2.08. The van der Waals surface area contributed by atoms with E-state index in [9.17, 15) is 9.59 Å². The van der Waals surface area contributed by atoms with E-state index in [1.165, 1.54) is 12.1 Å². The first-order valence-corrected chi connectivity index (χ1v) is 6.50. The van der Waals surface area contributed by atoms with Crippen LogP contribution in [-0.2, 0) is 4.79 Å². The molecule has 2 aromatic rings. The molecule has 6 heteroatoms. The van der Waals surface area contributed by atoms with E-state index in [4.69, 9.17) is 22.1 Å². The molecule has 0 atom stereocenters. The summed E-state index contributed by atoms with van der Waals surface area (Å²) in [6.45, 7) is -0.141. The van der Waals surface area contributed by atoms with Crippen molar-refractivity contribution in [2.75, 3.05) is 11.9 Å². The molecule has 0 radical (unpaired) electrons. The SMILES string of the molecule is NC(=O)c1ccc(NC(=O)COc2cccc(Cl)c2)cc1. The predicted molar refractivity (Wildman–Crippen MR) is 80.5 cm³/mol. The lowest BCUT2D eigenvalue weighted by molar-refractivity contribution is -0.118. The number of hydrogen-bond acceptors (Lipinski definition) is 3. The molecule has 2 aromatic carbocycles. The normalized spacial score (nSPS) is 9.95. The summed E-state index contributed by atoms with van der Waals surface area (Å²) in [4.78, 5) is 22.7. The highest BCUT2D eigenvalue weighted by atomic mass is 35.5. The van der Waals surface area contributed by atoms with Crippen LogP contribution in [0.3, 0.4) is 0 Å². The summed E-state index contributed by atoms with van der Waals surface area (Å²) in [6, 6.07) is 13.0. The van der Waals surface area contributed by atoms with E-state index < -0.39 is 5.91 Å². The van der Waals surface area contributed by atoms with Crippen LogP contribution < -0.4 is 15.8 Å². The summed E-state index contributed by atoms with van der Waals surface area (Å²) in [7, 11) is 0. The molecule has 0 fully saturated rings. The zero-order chi connectivity index (χ0) is 15.2. The number of rotatable bonds is 5. The van der Waals surface area contributed by atoms with Gasteiger partial charge in [-0.05, 0) is 42.5 Å². The number of nitrogens with two attached hydrogens (primary N) is 1. The Kier molecular flexibility index (Phi) is 4.79. The van der Waals surface area contributed by atoms with Gasteiger partial charge < -0.3 is 15.8 Å². The number of halogens is 1. The van der Waals surface area contributed by atoms with Crippen molar-refractivity contribution in [2.45, 2.75) is 0 Å². The summed E-state index contributed by atoms with van der Waals surface area (Å²) >= 11 is 5.81. The second-order valence-electron chi connectivity index (χ2n) is 4.24. The molecule has 5 nitrogen and oxygen atoms in total. The molecule has 2 rings (SSSR count). The maximum atomic E-state index is 11.7. The second-order valence-corrected chi connectivity index (χ2v) is 4.67. The van der Waals surface area contributed by atoms with Crippen LogP contribution in [-0.4, -0.2) is 18.4 Å². The van der Waals surface area contributed by atoms with Gasteiger partial charge in [0.05, 0.1) is 0 Å². The van der Waals surface area contributed by atoms with Gasteiger partial charge in [-0.25, -0.2) is 0 Å². The molecule has 2 amide bonds. The molecule has 0 aromatic heterocycles. The number of nitrogens with one attached hydrogen (secondary N) is 1. The van der Waals surface area contributed by atoms with E-state index in [1.807, 2.05) is 0 Å². The summed E-state index contributed by atoms with van der Waals surface area (Å²) in [5.74, 6) is -0.319. The maximum Gasteiger partial charge on any atom is 0.262 e. The third-order valence-corrected chi connectivity index (χ3v) is 2.85. The Morgan fingerprint density at radius 3 is 2.48 bits per heavy atom. The van der Waals surface area contributed by atoms with E-state index in [2.05, 4.69) is 5.32 Å². The van der Waals surface area contributed by atoms with Crippen molar-refractivity contribution in [3.63, 3.8) is 0 Å². The zero-order valence-electron chi connectivity index (χ0n) is 11.0. The minimum absolute atomic E-state index is 0.141. The topological polar surface area (TPSA) is 81.4 Å². The van der Waals surface area contributed by atoms with Crippen molar-refractivity contribution in [3.8, 4) is 5.75 Å². The molecule has 0 aliphatic carbocycles. The number of carbonyl (C=O) groups is 2. The van der Waals surface area contributed by atoms with Crippen molar-refractivity contribution in [2.24, 2.45) is 5.73 Å². The minimum Gasteiger partial charge on any atom is -0.484 e. The molecule has 21 heavy (non-hydrogen) atoms. The van der Waals surface area contributed by atoms with Crippen molar-refractivity contribution in [1.29, 1.82) is 0 Å². The molecule has 3 N–H and O–H groups in total. The molecule has 0 saturated carbocycles. The second kappa shape index (κ2) is 6.76. The number of amides is 2. The van der Waals surface area contributed by atoms with Gasteiger partial charge in [0.1, 0.15) is 5.75 Å². The fraction of sp³-hybridized carbons (Fsp3) is 0.0667. The minimum atomic E-state index is -0.517. The molecule has 0 saturated heterocycles. The van der Waals surface area contributed by atoms with E-state index in [-0.39, 0.29) is 12.5 Å². The van der Waals surface area contributed by atoms with Crippen LogP contribution in [0.2, 0.25) is 5.02 Å². The summed E-state index contributed by atoms with van der Waals surface area (Å²) in [5.41, 5.74) is 6.07. The average Bonchev–Trinajstić information content (AvgIpc) is 2.46. The fourth-order valence-corrected chi connectivity index (χ4v) is 1.80. The predicted octanol–water partition coefficient (Wildman–Crippen LogP) is 2.46. The highest BCUT2D eigenvalue weighted by molar-refractivity contribution is 6.30. The van der Waals surface area contributed by atoms with Crippen molar-refractivity contribution in [1.82, 2.24) is 0 Å². The highest BCUT2D eigenvalue weighted by Gasteiger charge is 2.05. The zero-order valence-corrected chi connectivity index (χ0v) is 11.8. The summed E-state index contributed by atoms with van der Waals surface area (Å²) in [6.07, 6.45) is 0. The van der Waals surface area contributed by atoms with E-state index in [0.29, 0.717) is 22.0 Å². The number of ether oxygens (including phenoxy) is 1. The lowest BCUT2D eigenvalue weighted by Crippen LogP contribution is -2.20. The quantitative estimate of drug-likeness (QED) is 0.890. The van der Waals surface area contributed by atoms with Gasteiger partial charge in [-0.2, -0.15) is 0 Å². The first-order chi connectivity index (χ1) is 10.0. The average molecular weight is 305 g/mol. The van der Waals surface area contributed by atoms with Crippen LogP contribution in [0, 0.1) is 0 Å². The third-order valence-electron chi connectivity index (χ3n) is 2.62. The Morgan fingerprint density at radius 2 is 1.86 bits per heavy atom. The van der Waals surface area contributed by atoms with Gasteiger partial charge in [0.25, 0.3) is 5.91 Å². The molecule has 0 spiro atoms. The molecule has 0 unspecified atom stereocenters. The standard InChI is InChI=1S/C15H13ClN2O3/c16-11-2-1-3-13(8-11)21-9-14(19)18-12-6-4-10(5-7-12)15(17)20/h1-8H,9H2,(H2,17,20)(H,18,19). The van der Waals surface area contributed by atoms with Crippen molar-refractivity contribution < 1.29 is 14.3 Å². The van der Waals surface area contributed by atoms with Gasteiger partial charge in [-0.15, -0.1) is 0 Å². The van der Waals surface area contributed by atoms with E-state index in [1.54, 1.807) is 36.4 Å². The largest absolute Gasteiger partial charge is 0.484 e. The van der Waals surface area contributed by atoms with Crippen LogP contribution in [0.5, 0.6) is 5.75 Å². The number of anilines is 1. The van der Waals surface area contributed by atoms with Gasteiger partial charge in [0.2, 0.25) is 5.91 Å². The van der Waals surface area contributed by atoms with Crippen molar-refractivity contribution in [3.05, 3.63) is 59.1 Å². The number of benzene rings is 2. The smallest absolute Gasteiger partial charge is 0.262 e. The van der Waals surface area contributed by atoms with Crippen LogP contribution in [0.25, 0.3) is 0 Å². The molecule has 0 aliphatic rings. The number of primary amides is 1. The van der Waals surface area contributed by atoms with Crippen LogP contribution in [0.15, 0.2) is 48.5 Å². The maximum absolute atomic E-state index is 11.7. The van der Waals surface area contributed by atoms with Crippen LogP contribution in [0.4, 0.5) is 5.69 Å². The first kappa shape index (κ1) is 14.9. The highest BCUT2D eigenvalue weighted by Crippen LogP contribution is 2.17. The van der Waals surface area contributed by atoms with Gasteiger partial charge in [0, 0.05) is 16.3 Å². The van der Waals surface area contributed by atoms with Gasteiger partial charge in [0.15, 0.2) is 6.61 Å². The number of carbonyl (C=O) groups excluding carboxylic acids is 2. The third kappa shape index (κ3) is 4.50. The van der Waals surface area contributed by atoms with Crippen molar-refractivity contribution >= 4 is 29.1 Å². The molecule has 0 bridgehead atoms. The Morgan fingerprint density at radius 1 is 1.14 bits per heavy atom. The first-order valence-electron chi connectivity index (χ1n) is 6.12. The van der Waals surface area contributed by atoms with E-state index in [0.717, 1.165) is 0 Å². The van der Waals surface area contributed by atoms with E-state index >= 15 is 0 Å². The van der Waals surface area contributed by atoms with Crippen LogP contribution >= 0.6 is 11.6 Å². The Hall–Kier alpha value is -2.53.